The largest absolute Gasteiger partial charge is 0.331 e. The number of carbonyl (C=O) groups excluding carboxylic acids is 3. The second-order valence-corrected chi connectivity index (χ2v) is 8.16. The van der Waals surface area contributed by atoms with Crippen molar-refractivity contribution in [1.29, 1.82) is 0 Å². The Morgan fingerprint density at radius 2 is 1.83 bits per heavy atom. The average Bonchev–Trinajstić information content (AvgIpc) is 2.72. The molecule has 0 aliphatic carbocycles. The Kier molecular flexibility index (Phi) is 6.93. The van der Waals surface area contributed by atoms with Gasteiger partial charge in [0.2, 0.25) is 17.7 Å². The fourth-order valence-electron chi connectivity index (χ4n) is 3.19. The van der Waals surface area contributed by atoms with E-state index in [1.165, 1.54) is 11.8 Å². The zero-order valence-corrected chi connectivity index (χ0v) is 17.4. The number of hydrogen-bond acceptors (Lipinski definition) is 4. The molecule has 0 spiro atoms. The van der Waals surface area contributed by atoms with Crippen LogP contribution in [-0.2, 0) is 14.4 Å². The second kappa shape index (κ2) is 9.60. The van der Waals surface area contributed by atoms with Crippen LogP contribution in [0, 0.1) is 0 Å². The van der Waals surface area contributed by atoms with Gasteiger partial charge in [-0.3, -0.25) is 14.4 Å². The number of amides is 3. The number of nitrogens with one attached hydrogen (secondary N) is 2. The van der Waals surface area contributed by atoms with Gasteiger partial charge in [0.1, 0.15) is 6.04 Å². The number of rotatable bonds is 7. The van der Waals surface area contributed by atoms with Crippen LogP contribution in [0.2, 0.25) is 0 Å². The highest BCUT2D eigenvalue weighted by atomic mass is 32.2. The van der Waals surface area contributed by atoms with Crippen LogP contribution in [0.5, 0.6) is 0 Å². The van der Waals surface area contributed by atoms with Gasteiger partial charge in [0.15, 0.2) is 0 Å². The van der Waals surface area contributed by atoms with Crippen molar-refractivity contribution in [2.75, 3.05) is 17.2 Å². The molecule has 1 aliphatic heterocycles. The maximum absolute atomic E-state index is 13.0. The smallest absolute Gasteiger partial charge is 0.246 e. The minimum Gasteiger partial charge on any atom is -0.331 e. The quantitative estimate of drug-likeness (QED) is 0.727. The van der Waals surface area contributed by atoms with Crippen LogP contribution in [0.25, 0.3) is 0 Å². The molecule has 3 rings (SSSR count). The van der Waals surface area contributed by atoms with Crippen LogP contribution in [0.1, 0.15) is 26.7 Å². The van der Waals surface area contributed by atoms with Crippen molar-refractivity contribution in [2.45, 2.75) is 42.9 Å². The molecule has 0 fully saturated rings. The van der Waals surface area contributed by atoms with Crippen molar-refractivity contribution in [3.63, 3.8) is 0 Å². The Morgan fingerprint density at radius 3 is 2.55 bits per heavy atom. The van der Waals surface area contributed by atoms with E-state index < -0.39 is 11.3 Å². The van der Waals surface area contributed by atoms with Crippen molar-refractivity contribution in [1.82, 2.24) is 4.90 Å². The molecule has 0 saturated heterocycles. The standard InChI is InChI=1S/C22H25N3O3S/c1-3-13-25(15(2)21(27)23-16-9-5-4-6-10-16)20(26)14-19-22(28)24-17-11-7-8-12-18(17)29-19/h4-12,15,19H,3,13-14H2,1-2H3,(H,23,27)(H,24,28). The lowest BCUT2D eigenvalue weighted by atomic mass is 10.1. The van der Waals surface area contributed by atoms with Gasteiger partial charge in [0, 0.05) is 23.5 Å². The molecule has 1 aliphatic rings. The molecule has 29 heavy (non-hydrogen) atoms. The predicted octanol–water partition coefficient (Wildman–Crippen LogP) is 3.76. The number of benzene rings is 2. The summed E-state index contributed by atoms with van der Waals surface area (Å²) in [6.07, 6.45) is 0.773. The molecular weight excluding hydrogens is 386 g/mol. The Morgan fingerprint density at radius 1 is 1.14 bits per heavy atom. The molecular formula is C22H25N3O3S. The average molecular weight is 412 g/mol. The predicted molar refractivity (Wildman–Crippen MR) is 116 cm³/mol. The SMILES string of the molecule is CCCN(C(=O)CC1Sc2ccccc2NC1=O)C(C)C(=O)Nc1ccccc1. The van der Waals surface area contributed by atoms with E-state index >= 15 is 0 Å². The number of hydrogen-bond donors (Lipinski definition) is 2. The van der Waals surface area contributed by atoms with E-state index in [0.717, 1.165) is 17.0 Å². The summed E-state index contributed by atoms with van der Waals surface area (Å²) in [7, 11) is 0. The number of fused-ring (bicyclic) bond motifs is 1. The molecule has 2 unspecified atom stereocenters. The zero-order chi connectivity index (χ0) is 20.8. The molecule has 7 heteroatoms. The monoisotopic (exact) mass is 411 g/mol. The van der Waals surface area contributed by atoms with Crippen molar-refractivity contribution in [3.05, 3.63) is 54.6 Å². The summed E-state index contributed by atoms with van der Waals surface area (Å²) in [6, 6.07) is 16.1. The molecule has 152 valence electrons. The van der Waals surface area contributed by atoms with Gasteiger partial charge < -0.3 is 15.5 Å². The third-order valence-electron chi connectivity index (χ3n) is 4.74. The van der Waals surface area contributed by atoms with E-state index in [4.69, 9.17) is 0 Å². The van der Waals surface area contributed by atoms with Crippen molar-refractivity contribution >= 4 is 40.9 Å². The lowest BCUT2D eigenvalue weighted by Gasteiger charge is -2.30. The first kappa shape index (κ1) is 20.9. The molecule has 2 N–H and O–H groups in total. The summed E-state index contributed by atoms with van der Waals surface area (Å²) in [5.74, 6) is -0.626. The van der Waals surface area contributed by atoms with E-state index in [-0.39, 0.29) is 24.1 Å². The maximum Gasteiger partial charge on any atom is 0.246 e. The molecule has 0 radical (unpaired) electrons. The number of nitrogens with zero attached hydrogens (tertiary/aromatic N) is 1. The minimum atomic E-state index is -0.633. The Labute approximate surface area is 175 Å². The molecule has 2 atom stereocenters. The van der Waals surface area contributed by atoms with Crippen LogP contribution < -0.4 is 10.6 Å². The highest BCUT2D eigenvalue weighted by Gasteiger charge is 2.32. The summed E-state index contributed by atoms with van der Waals surface area (Å²) < 4.78 is 0. The van der Waals surface area contributed by atoms with Gasteiger partial charge in [0.25, 0.3) is 0 Å². The molecule has 0 bridgehead atoms. The van der Waals surface area contributed by atoms with E-state index in [1.807, 2.05) is 49.4 Å². The summed E-state index contributed by atoms with van der Waals surface area (Å²) in [5.41, 5.74) is 1.46. The third kappa shape index (κ3) is 5.17. The van der Waals surface area contributed by atoms with Crippen LogP contribution in [0.4, 0.5) is 11.4 Å². The Hall–Kier alpha value is -2.80. The number of thioether (sulfide) groups is 1. The van der Waals surface area contributed by atoms with Crippen molar-refractivity contribution in [2.24, 2.45) is 0 Å². The van der Waals surface area contributed by atoms with Crippen LogP contribution in [0.15, 0.2) is 59.5 Å². The fraction of sp³-hybridized carbons (Fsp3) is 0.318. The van der Waals surface area contributed by atoms with Crippen LogP contribution in [0.3, 0.4) is 0 Å². The van der Waals surface area contributed by atoms with Crippen molar-refractivity contribution in [3.8, 4) is 0 Å². The fourth-order valence-corrected chi connectivity index (χ4v) is 4.29. The first-order valence-corrected chi connectivity index (χ1v) is 10.6. The topological polar surface area (TPSA) is 78.5 Å². The van der Waals surface area contributed by atoms with Gasteiger partial charge in [-0.1, -0.05) is 37.3 Å². The minimum absolute atomic E-state index is 0.0494. The molecule has 6 nitrogen and oxygen atoms in total. The number of carbonyl (C=O) groups is 3. The Balaban J connectivity index is 1.67. The maximum atomic E-state index is 13.0. The van der Waals surface area contributed by atoms with Gasteiger partial charge in [0.05, 0.1) is 10.9 Å². The van der Waals surface area contributed by atoms with Crippen molar-refractivity contribution < 1.29 is 14.4 Å². The molecule has 2 aromatic rings. The summed E-state index contributed by atoms with van der Waals surface area (Å²) in [5, 5.41) is 5.19. The van der Waals surface area contributed by atoms with E-state index in [0.29, 0.717) is 12.2 Å². The number of para-hydroxylation sites is 2. The molecule has 0 aromatic heterocycles. The molecule has 3 amide bonds. The first-order valence-electron chi connectivity index (χ1n) is 9.71. The van der Waals surface area contributed by atoms with E-state index in [1.54, 1.807) is 24.0 Å². The highest BCUT2D eigenvalue weighted by molar-refractivity contribution is 8.01. The van der Waals surface area contributed by atoms with Gasteiger partial charge in [-0.15, -0.1) is 11.8 Å². The summed E-state index contributed by atoms with van der Waals surface area (Å²) >= 11 is 1.39. The van der Waals surface area contributed by atoms with E-state index in [9.17, 15) is 14.4 Å². The number of anilines is 2. The van der Waals surface area contributed by atoms with Crippen LogP contribution >= 0.6 is 11.8 Å². The molecule has 2 aromatic carbocycles. The Bertz CT molecular complexity index is 888. The first-order chi connectivity index (χ1) is 14.0. The highest BCUT2D eigenvalue weighted by Crippen LogP contribution is 2.36. The molecule has 0 saturated carbocycles. The van der Waals surface area contributed by atoms with Gasteiger partial charge in [-0.25, -0.2) is 0 Å². The van der Waals surface area contributed by atoms with Gasteiger partial charge >= 0.3 is 0 Å². The lowest BCUT2D eigenvalue weighted by Crippen LogP contribution is -2.47. The van der Waals surface area contributed by atoms with Crippen LogP contribution in [-0.4, -0.2) is 40.5 Å². The second-order valence-electron chi connectivity index (χ2n) is 6.91. The summed E-state index contributed by atoms with van der Waals surface area (Å²) in [6.45, 7) is 4.13. The lowest BCUT2D eigenvalue weighted by molar-refractivity contribution is -0.138. The normalized spacial score (nSPS) is 16.3. The third-order valence-corrected chi connectivity index (χ3v) is 6.01. The summed E-state index contributed by atoms with van der Waals surface area (Å²) in [4.78, 5) is 40.6. The molecule has 1 heterocycles. The zero-order valence-electron chi connectivity index (χ0n) is 16.6. The van der Waals surface area contributed by atoms with Gasteiger partial charge in [-0.2, -0.15) is 0 Å². The van der Waals surface area contributed by atoms with E-state index in [2.05, 4.69) is 10.6 Å². The van der Waals surface area contributed by atoms with Gasteiger partial charge in [-0.05, 0) is 37.6 Å².